The molecule has 1 amide bonds. The smallest absolute Gasteiger partial charge is 0.291 e. The van der Waals surface area contributed by atoms with Gasteiger partial charge in [0.05, 0.1) is 23.6 Å². The summed E-state index contributed by atoms with van der Waals surface area (Å²) >= 11 is 0. The molecule has 0 aliphatic carbocycles. The average molecular weight is 498 g/mol. The summed E-state index contributed by atoms with van der Waals surface area (Å²) in [4.78, 5) is 29.3. The molecule has 1 aromatic heterocycles. The summed E-state index contributed by atoms with van der Waals surface area (Å²) in [5.74, 6) is 1.84. The highest BCUT2D eigenvalue weighted by atomic mass is 16.7. The third-order valence-electron chi connectivity index (χ3n) is 7.04. The number of nitrogens with zero attached hydrogens (tertiary/aromatic N) is 1. The van der Waals surface area contributed by atoms with E-state index in [1.165, 1.54) is 0 Å². The molecule has 37 heavy (non-hydrogen) atoms. The van der Waals surface area contributed by atoms with Crippen molar-refractivity contribution in [1.82, 2.24) is 4.90 Å². The monoisotopic (exact) mass is 497 g/mol. The topological polar surface area (TPSA) is 78.2 Å². The van der Waals surface area contributed by atoms with Gasteiger partial charge in [0.25, 0.3) is 5.91 Å². The van der Waals surface area contributed by atoms with E-state index < -0.39 is 6.04 Å². The van der Waals surface area contributed by atoms with Crippen molar-refractivity contribution in [1.29, 1.82) is 0 Å². The summed E-state index contributed by atoms with van der Waals surface area (Å²) in [6, 6.07) is 16.3. The Labute approximate surface area is 214 Å². The van der Waals surface area contributed by atoms with Gasteiger partial charge in [-0.25, -0.2) is 0 Å². The Bertz CT molecular complexity index is 1590. The molecule has 3 heterocycles. The van der Waals surface area contributed by atoms with Gasteiger partial charge in [-0.3, -0.25) is 9.59 Å². The highest BCUT2D eigenvalue weighted by Gasteiger charge is 2.43. The molecule has 188 valence electrons. The SMILES string of the molecule is CCCOc1ccc([C@@H]2c3c(oc4cc(C)c(C)cc4c3=O)C(=O)N2Cc2ccc3c(c2)OCO3)cc1. The molecule has 0 saturated heterocycles. The zero-order valence-electron chi connectivity index (χ0n) is 21.0. The molecule has 3 aromatic carbocycles. The van der Waals surface area contributed by atoms with Gasteiger partial charge >= 0.3 is 0 Å². The Hall–Kier alpha value is -4.26. The summed E-state index contributed by atoms with van der Waals surface area (Å²) in [5, 5.41) is 0.479. The van der Waals surface area contributed by atoms with Crippen molar-refractivity contribution >= 4 is 16.9 Å². The van der Waals surface area contributed by atoms with Gasteiger partial charge in [0, 0.05) is 6.54 Å². The molecule has 0 N–H and O–H groups in total. The maximum absolute atomic E-state index is 13.9. The van der Waals surface area contributed by atoms with Gasteiger partial charge in [-0.05, 0) is 78.9 Å². The van der Waals surface area contributed by atoms with Crippen LogP contribution in [-0.2, 0) is 6.54 Å². The van der Waals surface area contributed by atoms with E-state index in [1.807, 2.05) is 68.4 Å². The predicted molar refractivity (Wildman–Crippen MR) is 138 cm³/mol. The normalized spacial score (nSPS) is 15.9. The van der Waals surface area contributed by atoms with Crippen molar-refractivity contribution in [2.24, 2.45) is 0 Å². The van der Waals surface area contributed by atoms with Crippen LogP contribution in [0.2, 0.25) is 0 Å². The van der Waals surface area contributed by atoms with E-state index in [4.69, 9.17) is 18.6 Å². The zero-order chi connectivity index (χ0) is 25.7. The minimum absolute atomic E-state index is 0.0952. The number of amides is 1. The molecule has 0 unspecified atom stereocenters. The van der Waals surface area contributed by atoms with Crippen molar-refractivity contribution in [3.05, 3.63) is 98.4 Å². The van der Waals surface area contributed by atoms with Crippen LogP contribution in [-0.4, -0.2) is 24.2 Å². The molecular weight excluding hydrogens is 470 g/mol. The van der Waals surface area contributed by atoms with Gasteiger partial charge in [-0.2, -0.15) is 0 Å². The molecule has 0 spiro atoms. The molecule has 2 aliphatic rings. The van der Waals surface area contributed by atoms with Crippen LogP contribution in [0.25, 0.3) is 11.0 Å². The van der Waals surface area contributed by atoms with E-state index in [9.17, 15) is 9.59 Å². The first-order chi connectivity index (χ1) is 17.9. The van der Waals surface area contributed by atoms with Crippen molar-refractivity contribution in [2.45, 2.75) is 39.8 Å². The van der Waals surface area contributed by atoms with Gasteiger partial charge in [0.1, 0.15) is 11.3 Å². The largest absolute Gasteiger partial charge is 0.494 e. The highest BCUT2D eigenvalue weighted by molar-refractivity contribution is 5.99. The second-order valence-electron chi connectivity index (χ2n) is 9.55. The number of rotatable bonds is 6. The third kappa shape index (κ3) is 3.91. The number of fused-ring (bicyclic) bond motifs is 3. The lowest BCUT2D eigenvalue weighted by Crippen LogP contribution is -2.29. The lowest BCUT2D eigenvalue weighted by molar-refractivity contribution is 0.0714. The molecule has 7 heteroatoms. The van der Waals surface area contributed by atoms with Gasteiger partial charge < -0.3 is 23.5 Å². The van der Waals surface area contributed by atoms with Gasteiger partial charge in [0.2, 0.25) is 12.6 Å². The number of ether oxygens (including phenoxy) is 3. The predicted octanol–water partition coefficient (Wildman–Crippen LogP) is 5.67. The molecule has 0 bridgehead atoms. The Balaban J connectivity index is 1.48. The zero-order valence-corrected chi connectivity index (χ0v) is 21.0. The molecule has 0 saturated carbocycles. The van der Waals surface area contributed by atoms with Crippen molar-refractivity contribution in [3.8, 4) is 17.2 Å². The molecule has 0 radical (unpaired) electrons. The minimum atomic E-state index is -0.601. The lowest BCUT2D eigenvalue weighted by Gasteiger charge is -2.25. The van der Waals surface area contributed by atoms with Crippen LogP contribution < -0.4 is 19.6 Å². The second-order valence-corrected chi connectivity index (χ2v) is 9.55. The summed E-state index contributed by atoms with van der Waals surface area (Å²) < 4.78 is 22.9. The van der Waals surface area contributed by atoms with E-state index in [2.05, 4.69) is 6.92 Å². The van der Waals surface area contributed by atoms with Crippen molar-refractivity contribution in [2.75, 3.05) is 13.4 Å². The summed E-state index contributed by atoms with van der Waals surface area (Å²) in [6.45, 7) is 7.04. The summed E-state index contributed by atoms with van der Waals surface area (Å²) in [6.07, 6.45) is 0.905. The van der Waals surface area contributed by atoms with Gasteiger partial charge in [0.15, 0.2) is 16.9 Å². The summed E-state index contributed by atoms with van der Waals surface area (Å²) in [5.41, 5.74) is 4.27. The number of hydrogen-bond donors (Lipinski definition) is 0. The first-order valence-corrected chi connectivity index (χ1v) is 12.4. The Morgan fingerprint density at radius 3 is 2.49 bits per heavy atom. The van der Waals surface area contributed by atoms with Crippen LogP contribution in [0.5, 0.6) is 17.2 Å². The fourth-order valence-corrected chi connectivity index (χ4v) is 4.99. The van der Waals surface area contributed by atoms with Crippen LogP contribution >= 0.6 is 0 Å². The maximum Gasteiger partial charge on any atom is 0.291 e. The van der Waals surface area contributed by atoms with E-state index in [0.29, 0.717) is 34.6 Å². The van der Waals surface area contributed by atoms with E-state index >= 15 is 0 Å². The number of hydrogen-bond acceptors (Lipinski definition) is 6. The van der Waals surface area contributed by atoms with Crippen LogP contribution in [0.15, 0.2) is 63.8 Å². The molecule has 6 rings (SSSR count). The van der Waals surface area contributed by atoms with Gasteiger partial charge in [-0.1, -0.05) is 25.1 Å². The fourth-order valence-electron chi connectivity index (χ4n) is 4.99. The van der Waals surface area contributed by atoms with Crippen LogP contribution in [0.4, 0.5) is 0 Å². The maximum atomic E-state index is 13.9. The van der Waals surface area contributed by atoms with E-state index in [1.54, 1.807) is 4.90 Å². The van der Waals surface area contributed by atoms with Crippen molar-refractivity contribution in [3.63, 3.8) is 0 Å². The van der Waals surface area contributed by atoms with Crippen LogP contribution in [0, 0.1) is 13.8 Å². The Morgan fingerprint density at radius 1 is 0.946 bits per heavy atom. The Morgan fingerprint density at radius 2 is 1.70 bits per heavy atom. The van der Waals surface area contributed by atoms with E-state index in [-0.39, 0.29) is 30.4 Å². The highest BCUT2D eigenvalue weighted by Crippen LogP contribution is 2.41. The van der Waals surface area contributed by atoms with E-state index in [0.717, 1.165) is 34.4 Å². The minimum Gasteiger partial charge on any atom is -0.494 e. The fraction of sp³-hybridized carbons (Fsp3) is 0.267. The number of carbonyl (C=O) groups excluding carboxylic acids is 1. The second kappa shape index (κ2) is 9.00. The molecule has 4 aromatic rings. The standard InChI is InChI=1S/C30H27NO6/c1-4-11-34-21-8-6-20(7-9-21)27-26-28(32)22-12-17(2)18(3)13-24(22)37-29(26)30(33)31(27)15-19-5-10-23-25(14-19)36-16-35-23/h5-10,12-14,27H,4,11,15-16H2,1-3H3/t27-/m1/s1. The molecule has 1 atom stereocenters. The number of benzene rings is 3. The van der Waals surface area contributed by atoms with Crippen LogP contribution in [0.3, 0.4) is 0 Å². The number of aryl methyl sites for hydroxylation is 2. The average Bonchev–Trinajstić information content (AvgIpc) is 3.47. The van der Waals surface area contributed by atoms with Gasteiger partial charge in [-0.15, -0.1) is 0 Å². The molecular formula is C30H27NO6. The quantitative estimate of drug-likeness (QED) is 0.341. The molecule has 0 fully saturated rings. The van der Waals surface area contributed by atoms with Crippen LogP contribution in [0.1, 0.15) is 57.8 Å². The Kier molecular flexibility index (Phi) is 5.63. The summed E-state index contributed by atoms with van der Waals surface area (Å²) in [7, 11) is 0. The van der Waals surface area contributed by atoms with Crippen molar-refractivity contribution < 1.29 is 23.4 Å². The molecule has 2 aliphatic heterocycles. The first kappa shape index (κ1) is 23.2. The third-order valence-corrected chi connectivity index (χ3v) is 7.04. The number of carbonyl (C=O) groups is 1. The lowest BCUT2D eigenvalue weighted by atomic mass is 9.97. The molecule has 7 nitrogen and oxygen atoms in total. The first-order valence-electron chi connectivity index (χ1n) is 12.4.